The molecule has 7 heteroatoms. The van der Waals surface area contributed by atoms with Gasteiger partial charge in [-0.05, 0) is 6.07 Å². The fraction of sp³-hybridized carbons (Fsp3) is 0.286. The molecule has 1 rings (SSSR count). The van der Waals surface area contributed by atoms with Crippen molar-refractivity contribution in [1.29, 1.82) is 0 Å². The molecule has 3 N–H and O–H groups in total. The molecule has 14 heavy (non-hydrogen) atoms. The molecule has 0 saturated carbocycles. The predicted molar refractivity (Wildman–Crippen MR) is 53.5 cm³/mol. The molecule has 1 heterocycles. The number of rotatable bonds is 4. The summed E-state index contributed by atoms with van der Waals surface area (Å²) in [5.41, 5.74) is 5.18. The van der Waals surface area contributed by atoms with E-state index in [2.05, 4.69) is 9.71 Å². The van der Waals surface area contributed by atoms with Gasteiger partial charge < -0.3 is 5.73 Å². The van der Waals surface area contributed by atoms with Crippen LogP contribution in [0.25, 0.3) is 0 Å². The second-order valence-electron chi connectivity index (χ2n) is 2.53. The summed E-state index contributed by atoms with van der Waals surface area (Å²) in [5, 5.41) is 0.278. The van der Waals surface area contributed by atoms with E-state index in [1.54, 1.807) is 0 Å². The Balaban J connectivity index is 2.93. The van der Waals surface area contributed by atoms with Crippen LogP contribution in [0.4, 0.5) is 0 Å². The van der Waals surface area contributed by atoms with Crippen LogP contribution in [-0.4, -0.2) is 26.5 Å². The largest absolute Gasteiger partial charge is 0.329 e. The lowest BCUT2D eigenvalue weighted by atomic mass is 10.5. The summed E-state index contributed by atoms with van der Waals surface area (Å²) in [6, 6.07) is 1.33. The van der Waals surface area contributed by atoms with Crippen molar-refractivity contribution in [2.75, 3.05) is 13.1 Å². The first-order chi connectivity index (χ1) is 6.56. The Morgan fingerprint density at radius 2 is 2.21 bits per heavy atom. The molecule has 0 amide bonds. The molecule has 0 aliphatic heterocycles. The standard InChI is InChI=1S/C7H10ClN3O2S/c8-6-3-7(5-10-4-6)14(12,13)11-2-1-9/h3-5,11H,1-2,9H2. The van der Waals surface area contributed by atoms with E-state index in [1.165, 1.54) is 18.5 Å². The molecular formula is C7H10ClN3O2S. The first-order valence-electron chi connectivity index (χ1n) is 3.86. The zero-order valence-electron chi connectivity index (χ0n) is 7.27. The highest BCUT2D eigenvalue weighted by atomic mass is 35.5. The van der Waals surface area contributed by atoms with Gasteiger partial charge in [0.05, 0.1) is 5.02 Å². The third-order valence-corrected chi connectivity index (χ3v) is 3.06. The number of halogens is 1. The zero-order valence-corrected chi connectivity index (χ0v) is 8.85. The van der Waals surface area contributed by atoms with Crippen LogP contribution in [0, 0.1) is 0 Å². The van der Waals surface area contributed by atoms with Gasteiger partial charge >= 0.3 is 0 Å². The van der Waals surface area contributed by atoms with E-state index in [1.807, 2.05) is 0 Å². The van der Waals surface area contributed by atoms with E-state index in [-0.39, 0.29) is 23.0 Å². The van der Waals surface area contributed by atoms with Crippen LogP contribution in [-0.2, 0) is 10.0 Å². The fourth-order valence-corrected chi connectivity index (χ4v) is 2.09. The average molecular weight is 236 g/mol. The number of nitrogens with two attached hydrogens (primary N) is 1. The quantitative estimate of drug-likeness (QED) is 0.768. The summed E-state index contributed by atoms with van der Waals surface area (Å²) in [6.45, 7) is 0.433. The van der Waals surface area contributed by atoms with Crippen LogP contribution in [0.3, 0.4) is 0 Å². The van der Waals surface area contributed by atoms with Gasteiger partial charge in [-0.3, -0.25) is 4.98 Å². The third-order valence-electron chi connectivity index (χ3n) is 1.43. The number of hydrogen-bond acceptors (Lipinski definition) is 4. The highest BCUT2D eigenvalue weighted by Crippen LogP contribution is 2.12. The highest BCUT2D eigenvalue weighted by Gasteiger charge is 2.13. The van der Waals surface area contributed by atoms with Crippen LogP contribution in [0.2, 0.25) is 5.02 Å². The molecule has 0 fully saturated rings. The second-order valence-corrected chi connectivity index (χ2v) is 4.73. The summed E-state index contributed by atoms with van der Waals surface area (Å²) in [5.74, 6) is 0. The second kappa shape index (κ2) is 4.70. The van der Waals surface area contributed by atoms with E-state index >= 15 is 0 Å². The minimum Gasteiger partial charge on any atom is -0.329 e. The summed E-state index contributed by atoms with van der Waals surface area (Å²) in [4.78, 5) is 3.72. The Bertz CT molecular complexity index is 407. The minimum atomic E-state index is -3.52. The van der Waals surface area contributed by atoms with Gasteiger partial charge in [-0.2, -0.15) is 0 Å². The first kappa shape index (κ1) is 11.4. The molecule has 1 aromatic heterocycles. The lowest BCUT2D eigenvalue weighted by molar-refractivity contribution is 0.582. The predicted octanol–water partition coefficient (Wildman–Crippen LogP) is -0.0280. The van der Waals surface area contributed by atoms with Crippen LogP contribution < -0.4 is 10.5 Å². The maximum Gasteiger partial charge on any atom is 0.242 e. The molecule has 0 bridgehead atoms. The molecule has 78 valence electrons. The van der Waals surface area contributed by atoms with Gasteiger partial charge in [-0.25, -0.2) is 13.1 Å². The normalized spacial score (nSPS) is 11.6. The Hall–Kier alpha value is -0.690. The zero-order chi connectivity index (χ0) is 10.6. The number of sulfonamides is 1. The van der Waals surface area contributed by atoms with Gasteiger partial charge in [0.1, 0.15) is 4.90 Å². The van der Waals surface area contributed by atoms with Crippen molar-refractivity contribution in [3.05, 3.63) is 23.5 Å². The van der Waals surface area contributed by atoms with Crippen LogP contribution >= 0.6 is 11.6 Å². The van der Waals surface area contributed by atoms with Crippen molar-refractivity contribution in [3.8, 4) is 0 Å². The maximum atomic E-state index is 11.5. The van der Waals surface area contributed by atoms with Gasteiger partial charge in [-0.15, -0.1) is 0 Å². The Labute approximate surface area is 87.3 Å². The van der Waals surface area contributed by atoms with Crippen molar-refractivity contribution >= 4 is 21.6 Å². The molecule has 0 aliphatic rings. The number of hydrogen-bond donors (Lipinski definition) is 2. The molecule has 0 radical (unpaired) electrons. The Morgan fingerprint density at radius 3 is 2.79 bits per heavy atom. The Kier molecular flexibility index (Phi) is 3.82. The molecular weight excluding hydrogens is 226 g/mol. The lowest BCUT2D eigenvalue weighted by Gasteiger charge is -2.04. The molecule has 0 saturated heterocycles. The fourth-order valence-electron chi connectivity index (χ4n) is 0.816. The third kappa shape index (κ3) is 2.91. The monoisotopic (exact) mass is 235 g/mol. The Morgan fingerprint density at radius 1 is 1.50 bits per heavy atom. The topological polar surface area (TPSA) is 85.1 Å². The molecule has 0 atom stereocenters. The summed E-state index contributed by atoms with van der Waals surface area (Å²) in [7, 11) is -3.52. The minimum absolute atomic E-state index is 0.0402. The van der Waals surface area contributed by atoms with Crippen LogP contribution in [0.15, 0.2) is 23.4 Å². The number of nitrogens with zero attached hydrogens (tertiary/aromatic N) is 1. The average Bonchev–Trinajstić information content (AvgIpc) is 2.15. The lowest BCUT2D eigenvalue weighted by Crippen LogP contribution is -2.29. The summed E-state index contributed by atoms with van der Waals surface area (Å²) >= 11 is 5.61. The molecule has 0 aromatic carbocycles. The SMILES string of the molecule is NCCNS(=O)(=O)c1cncc(Cl)c1. The number of pyridine rings is 1. The molecule has 0 aliphatic carbocycles. The van der Waals surface area contributed by atoms with Gasteiger partial charge in [0.15, 0.2) is 0 Å². The summed E-state index contributed by atoms with van der Waals surface area (Å²) < 4.78 is 25.3. The van der Waals surface area contributed by atoms with Crippen LogP contribution in [0.5, 0.6) is 0 Å². The molecule has 1 aromatic rings. The van der Waals surface area contributed by atoms with Crippen molar-refractivity contribution in [1.82, 2.24) is 9.71 Å². The van der Waals surface area contributed by atoms with E-state index in [0.717, 1.165) is 0 Å². The smallest absolute Gasteiger partial charge is 0.242 e. The van der Waals surface area contributed by atoms with Crippen molar-refractivity contribution in [2.45, 2.75) is 4.90 Å². The molecule has 0 unspecified atom stereocenters. The van der Waals surface area contributed by atoms with Gasteiger partial charge in [0, 0.05) is 25.5 Å². The summed E-state index contributed by atoms with van der Waals surface area (Å²) in [6.07, 6.45) is 2.59. The van der Waals surface area contributed by atoms with Gasteiger partial charge in [0.25, 0.3) is 0 Å². The van der Waals surface area contributed by atoms with Crippen molar-refractivity contribution in [2.24, 2.45) is 5.73 Å². The number of nitrogens with one attached hydrogen (secondary N) is 1. The van der Waals surface area contributed by atoms with E-state index in [9.17, 15) is 8.42 Å². The van der Waals surface area contributed by atoms with E-state index in [4.69, 9.17) is 17.3 Å². The van der Waals surface area contributed by atoms with Gasteiger partial charge in [-0.1, -0.05) is 11.6 Å². The number of aromatic nitrogens is 1. The highest BCUT2D eigenvalue weighted by molar-refractivity contribution is 7.89. The molecule has 5 nitrogen and oxygen atoms in total. The van der Waals surface area contributed by atoms with Crippen molar-refractivity contribution < 1.29 is 8.42 Å². The van der Waals surface area contributed by atoms with Crippen LogP contribution in [0.1, 0.15) is 0 Å². The van der Waals surface area contributed by atoms with E-state index < -0.39 is 10.0 Å². The van der Waals surface area contributed by atoms with E-state index in [0.29, 0.717) is 0 Å². The van der Waals surface area contributed by atoms with Gasteiger partial charge in [0.2, 0.25) is 10.0 Å². The maximum absolute atomic E-state index is 11.5. The molecule has 0 spiro atoms. The first-order valence-corrected chi connectivity index (χ1v) is 5.72. The van der Waals surface area contributed by atoms with Crippen molar-refractivity contribution in [3.63, 3.8) is 0 Å².